The third-order valence-electron chi connectivity index (χ3n) is 2.64. The molecule has 0 fully saturated rings. The predicted molar refractivity (Wildman–Crippen MR) is 71.1 cm³/mol. The number of thiazole rings is 1. The van der Waals surface area contributed by atoms with Crippen molar-refractivity contribution in [2.75, 3.05) is 5.73 Å². The van der Waals surface area contributed by atoms with Gasteiger partial charge in [-0.3, -0.25) is 4.79 Å². The van der Waals surface area contributed by atoms with Crippen LogP contribution in [-0.2, 0) is 17.6 Å². The van der Waals surface area contributed by atoms with Crippen molar-refractivity contribution in [3.05, 3.63) is 10.6 Å². The van der Waals surface area contributed by atoms with Crippen LogP contribution >= 0.6 is 28.3 Å². The number of amides is 1. The second-order valence-corrected chi connectivity index (χ2v) is 4.90. The molecule has 1 aliphatic carbocycles. The maximum atomic E-state index is 11.2. The lowest BCUT2D eigenvalue weighted by Crippen LogP contribution is -2.38. The van der Waals surface area contributed by atoms with Crippen LogP contribution in [0.3, 0.4) is 0 Å². The molecule has 3 N–H and O–H groups in total. The maximum Gasteiger partial charge on any atom is 0.219 e. The first-order chi connectivity index (χ1) is 7.19. The topological polar surface area (TPSA) is 68.0 Å². The molecule has 0 spiro atoms. The lowest BCUT2D eigenvalue weighted by Gasteiger charge is -2.21. The van der Waals surface area contributed by atoms with E-state index in [2.05, 4.69) is 10.3 Å². The zero-order valence-corrected chi connectivity index (χ0v) is 11.7. The summed E-state index contributed by atoms with van der Waals surface area (Å²) in [6.45, 7) is 1.87. The molecule has 90 valence electrons. The van der Waals surface area contributed by atoms with E-state index in [1.54, 1.807) is 11.3 Å². The summed E-state index contributed by atoms with van der Waals surface area (Å²) >= 11 is 1.54. The molecule has 16 heavy (non-hydrogen) atoms. The summed E-state index contributed by atoms with van der Waals surface area (Å²) in [5.41, 5.74) is 6.78. The van der Waals surface area contributed by atoms with E-state index >= 15 is 0 Å². The quantitative estimate of drug-likeness (QED) is 0.873. The maximum absolute atomic E-state index is 11.2. The van der Waals surface area contributed by atoms with Gasteiger partial charge >= 0.3 is 0 Å². The highest BCUT2D eigenvalue weighted by Gasteiger charge is 2.22. The molecule has 1 atom stereocenters. The molecule has 1 aliphatic rings. The highest BCUT2D eigenvalue weighted by atomic mass is 79.9. The van der Waals surface area contributed by atoms with Crippen molar-refractivity contribution < 1.29 is 4.79 Å². The Hall–Kier alpha value is -0.620. The van der Waals surface area contributed by atoms with Crippen LogP contribution in [0.4, 0.5) is 5.13 Å². The van der Waals surface area contributed by atoms with Gasteiger partial charge in [-0.05, 0) is 12.8 Å². The van der Waals surface area contributed by atoms with Gasteiger partial charge < -0.3 is 11.1 Å². The molecule has 2 rings (SSSR count). The zero-order chi connectivity index (χ0) is 10.8. The first-order valence-electron chi connectivity index (χ1n) is 5.22. The van der Waals surface area contributed by atoms with E-state index in [1.807, 2.05) is 6.92 Å². The molecule has 1 unspecified atom stereocenters. The number of hydrogen-bond donors (Lipinski definition) is 2. The fourth-order valence-electron chi connectivity index (χ4n) is 1.85. The number of anilines is 1. The predicted octanol–water partition coefficient (Wildman–Crippen LogP) is 1.69. The van der Waals surface area contributed by atoms with Gasteiger partial charge in [-0.1, -0.05) is 6.92 Å². The number of carbonyl (C=O) groups excluding carboxylic acids is 1. The van der Waals surface area contributed by atoms with Crippen LogP contribution in [0.15, 0.2) is 0 Å². The van der Waals surface area contributed by atoms with Crippen molar-refractivity contribution in [1.29, 1.82) is 0 Å². The van der Waals surface area contributed by atoms with Crippen molar-refractivity contribution in [2.24, 2.45) is 0 Å². The van der Waals surface area contributed by atoms with Gasteiger partial charge in [0.05, 0.1) is 5.69 Å². The molecule has 1 aromatic rings. The van der Waals surface area contributed by atoms with Gasteiger partial charge in [0.2, 0.25) is 5.91 Å². The summed E-state index contributed by atoms with van der Waals surface area (Å²) < 4.78 is 0. The van der Waals surface area contributed by atoms with Crippen molar-refractivity contribution in [2.45, 2.75) is 38.6 Å². The molecule has 4 nitrogen and oxygen atoms in total. The normalized spacial score (nSPS) is 18.4. The zero-order valence-electron chi connectivity index (χ0n) is 9.16. The average molecular weight is 306 g/mol. The minimum Gasteiger partial charge on any atom is -0.375 e. The number of halogens is 1. The summed E-state index contributed by atoms with van der Waals surface area (Å²) in [7, 11) is 0. The molecular weight excluding hydrogens is 290 g/mol. The number of rotatable bonds is 2. The SMILES string of the molecule is Br.CCC(=O)NC1CCc2nc(N)sc2C1. The van der Waals surface area contributed by atoms with Gasteiger partial charge in [0, 0.05) is 23.8 Å². The Morgan fingerprint density at radius 1 is 1.69 bits per heavy atom. The van der Waals surface area contributed by atoms with Crippen LogP contribution in [-0.4, -0.2) is 16.9 Å². The number of nitrogens with two attached hydrogens (primary N) is 1. The van der Waals surface area contributed by atoms with E-state index < -0.39 is 0 Å². The minimum atomic E-state index is 0. The Labute approximate surface area is 109 Å². The van der Waals surface area contributed by atoms with E-state index in [0.29, 0.717) is 11.6 Å². The molecule has 0 saturated heterocycles. The largest absolute Gasteiger partial charge is 0.375 e. The second kappa shape index (κ2) is 5.63. The van der Waals surface area contributed by atoms with Crippen LogP contribution in [0, 0.1) is 0 Å². The molecule has 1 heterocycles. The number of carbonyl (C=O) groups is 1. The highest BCUT2D eigenvalue weighted by Crippen LogP contribution is 2.28. The summed E-state index contributed by atoms with van der Waals surface area (Å²) in [6.07, 6.45) is 3.34. The number of fused-ring (bicyclic) bond motifs is 1. The standard InChI is InChI=1S/C10H15N3OS.BrH/c1-2-9(14)12-6-3-4-7-8(5-6)15-10(11)13-7;/h6H,2-5H2,1H3,(H2,11,13)(H,12,14);1H. The molecule has 1 aromatic heterocycles. The molecule has 0 aliphatic heterocycles. The molecule has 1 amide bonds. The van der Waals surface area contributed by atoms with E-state index in [4.69, 9.17) is 5.73 Å². The Balaban J connectivity index is 0.00000128. The van der Waals surface area contributed by atoms with Crippen LogP contribution in [0.2, 0.25) is 0 Å². The summed E-state index contributed by atoms with van der Waals surface area (Å²) in [6, 6.07) is 0.268. The van der Waals surface area contributed by atoms with Gasteiger partial charge in [0.15, 0.2) is 5.13 Å². The molecule has 0 bridgehead atoms. The molecular formula is C10H16BrN3OS. The van der Waals surface area contributed by atoms with Crippen molar-refractivity contribution >= 4 is 39.4 Å². The number of nitrogens with one attached hydrogen (secondary N) is 1. The monoisotopic (exact) mass is 305 g/mol. The third kappa shape index (κ3) is 2.95. The number of hydrogen-bond acceptors (Lipinski definition) is 4. The van der Waals surface area contributed by atoms with Crippen molar-refractivity contribution in [3.63, 3.8) is 0 Å². The molecule has 6 heteroatoms. The van der Waals surface area contributed by atoms with Crippen LogP contribution < -0.4 is 11.1 Å². The van der Waals surface area contributed by atoms with Crippen LogP contribution in [0.5, 0.6) is 0 Å². The van der Waals surface area contributed by atoms with E-state index in [1.165, 1.54) is 4.88 Å². The van der Waals surface area contributed by atoms with Crippen LogP contribution in [0.25, 0.3) is 0 Å². The lowest BCUT2D eigenvalue weighted by atomic mass is 9.97. The van der Waals surface area contributed by atoms with E-state index in [0.717, 1.165) is 25.0 Å². The molecule has 0 saturated carbocycles. The smallest absolute Gasteiger partial charge is 0.219 e. The molecule has 0 aromatic carbocycles. The number of nitrogen functional groups attached to an aromatic ring is 1. The van der Waals surface area contributed by atoms with Crippen molar-refractivity contribution in [1.82, 2.24) is 10.3 Å². The van der Waals surface area contributed by atoms with Gasteiger partial charge in [-0.25, -0.2) is 4.98 Å². The molecule has 0 radical (unpaired) electrons. The first-order valence-corrected chi connectivity index (χ1v) is 6.04. The van der Waals surface area contributed by atoms with E-state index in [9.17, 15) is 4.79 Å². The third-order valence-corrected chi connectivity index (χ3v) is 3.59. The van der Waals surface area contributed by atoms with Crippen LogP contribution in [0.1, 0.15) is 30.3 Å². The lowest BCUT2D eigenvalue weighted by molar-refractivity contribution is -0.121. The van der Waals surface area contributed by atoms with Crippen molar-refractivity contribution in [3.8, 4) is 0 Å². The number of aryl methyl sites for hydroxylation is 1. The minimum absolute atomic E-state index is 0. The summed E-state index contributed by atoms with van der Waals surface area (Å²) in [5, 5.41) is 3.66. The summed E-state index contributed by atoms with van der Waals surface area (Å²) in [4.78, 5) is 16.8. The van der Waals surface area contributed by atoms with Gasteiger partial charge in [-0.15, -0.1) is 28.3 Å². The average Bonchev–Trinajstić information content (AvgIpc) is 2.57. The van der Waals surface area contributed by atoms with Gasteiger partial charge in [0.1, 0.15) is 0 Å². The Morgan fingerprint density at radius 2 is 2.44 bits per heavy atom. The number of nitrogens with zero attached hydrogens (tertiary/aromatic N) is 1. The fraction of sp³-hybridized carbons (Fsp3) is 0.600. The first kappa shape index (κ1) is 13.4. The Kier molecular flexibility index (Phi) is 4.73. The fourth-order valence-corrected chi connectivity index (χ4v) is 2.81. The Morgan fingerprint density at radius 3 is 3.12 bits per heavy atom. The summed E-state index contributed by atoms with van der Waals surface area (Å²) in [5.74, 6) is 0.126. The van der Waals surface area contributed by atoms with Gasteiger partial charge in [-0.2, -0.15) is 0 Å². The van der Waals surface area contributed by atoms with Gasteiger partial charge in [0.25, 0.3) is 0 Å². The van der Waals surface area contributed by atoms with E-state index in [-0.39, 0.29) is 28.9 Å². The highest BCUT2D eigenvalue weighted by molar-refractivity contribution is 8.93. The Bertz CT molecular complexity index is 380. The second-order valence-electron chi connectivity index (χ2n) is 3.78. The number of aromatic nitrogens is 1.